The van der Waals surface area contributed by atoms with Gasteiger partial charge in [-0.15, -0.1) is 0 Å². The SMILES string of the molecule is COCC(C)(COC(C)=O)C(=O)OCCCCCC=O. The van der Waals surface area contributed by atoms with Crippen molar-refractivity contribution in [2.75, 3.05) is 26.9 Å². The van der Waals surface area contributed by atoms with Gasteiger partial charge in [0.2, 0.25) is 0 Å². The van der Waals surface area contributed by atoms with Crippen LogP contribution in [0.1, 0.15) is 39.5 Å². The minimum absolute atomic E-state index is 0.0693. The first-order valence-corrected chi connectivity index (χ1v) is 6.69. The average Bonchev–Trinajstić information content (AvgIpc) is 2.40. The predicted molar refractivity (Wildman–Crippen MR) is 72.1 cm³/mol. The van der Waals surface area contributed by atoms with Crippen molar-refractivity contribution in [2.45, 2.75) is 39.5 Å². The summed E-state index contributed by atoms with van der Waals surface area (Å²) in [6.07, 6.45) is 3.74. The Morgan fingerprint density at radius 2 is 1.80 bits per heavy atom. The van der Waals surface area contributed by atoms with Crippen molar-refractivity contribution >= 4 is 18.2 Å². The summed E-state index contributed by atoms with van der Waals surface area (Å²) in [5, 5.41) is 0. The van der Waals surface area contributed by atoms with Crippen LogP contribution in [-0.2, 0) is 28.6 Å². The third kappa shape index (κ3) is 7.89. The molecule has 6 heteroatoms. The highest BCUT2D eigenvalue weighted by molar-refractivity contribution is 5.77. The lowest BCUT2D eigenvalue weighted by Crippen LogP contribution is -2.39. The minimum Gasteiger partial charge on any atom is -0.465 e. The van der Waals surface area contributed by atoms with E-state index in [1.807, 2.05) is 0 Å². The molecule has 0 aromatic heterocycles. The van der Waals surface area contributed by atoms with Crippen LogP contribution in [-0.4, -0.2) is 45.2 Å². The summed E-state index contributed by atoms with van der Waals surface area (Å²) < 4.78 is 15.0. The second-order valence-corrected chi connectivity index (χ2v) is 4.93. The van der Waals surface area contributed by atoms with Crippen LogP contribution < -0.4 is 0 Å². The first kappa shape index (κ1) is 18.6. The second kappa shape index (κ2) is 10.4. The van der Waals surface area contributed by atoms with E-state index < -0.39 is 17.4 Å². The van der Waals surface area contributed by atoms with Gasteiger partial charge in [-0.05, 0) is 26.2 Å². The van der Waals surface area contributed by atoms with Gasteiger partial charge >= 0.3 is 11.9 Å². The molecule has 0 rings (SSSR count). The minimum atomic E-state index is -0.997. The van der Waals surface area contributed by atoms with Crippen molar-refractivity contribution < 1.29 is 28.6 Å². The lowest BCUT2D eigenvalue weighted by Gasteiger charge is -2.25. The molecule has 0 bridgehead atoms. The molecule has 0 aliphatic heterocycles. The van der Waals surface area contributed by atoms with Crippen LogP contribution in [0.2, 0.25) is 0 Å². The van der Waals surface area contributed by atoms with E-state index in [0.717, 1.165) is 19.1 Å². The van der Waals surface area contributed by atoms with Crippen molar-refractivity contribution in [3.63, 3.8) is 0 Å². The lowest BCUT2D eigenvalue weighted by molar-refractivity contribution is -0.166. The number of carbonyl (C=O) groups is 3. The molecule has 0 radical (unpaired) electrons. The third-order valence-electron chi connectivity index (χ3n) is 2.75. The smallest absolute Gasteiger partial charge is 0.317 e. The molecule has 0 heterocycles. The van der Waals surface area contributed by atoms with Crippen molar-refractivity contribution in [3.05, 3.63) is 0 Å². The van der Waals surface area contributed by atoms with Gasteiger partial charge in [-0.1, -0.05) is 0 Å². The molecule has 0 aliphatic rings. The van der Waals surface area contributed by atoms with E-state index in [2.05, 4.69) is 0 Å². The summed E-state index contributed by atoms with van der Waals surface area (Å²) in [6.45, 7) is 3.25. The molecule has 20 heavy (non-hydrogen) atoms. The Kier molecular flexibility index (Phi) is 9.63. The Balaban J connectivity index is 4.13. The van der Waals surface area contributed by atoms with Crippen molar-refractivity contribution in [3.8, 4) is 0 Å². The largest absolute Gasteiger partial charge is 0.465 e. The summed E-state index contributed by atoms with van der Waals surface area (Å²) in [5.74, 6) is -0.898. The zero-order chi connectivity index (χ0) is 15.4. The van der Waals surface area contributed by atoms with Crippen LogP contribution in [0.25, 0.3) is 0 Å². The number of methoxy groups -OCH3 is 1. The molecule has 0 fully saturated rings. The zero-order valence-electron chi connectivity index (χ0n) is 12.5. The fourth-order valence-electron chi connectivity index (χ4n) is 1.58. The van der Waals surface area contributed by atoms with E-state index in [-0.39, 0.29) is 19.8 Å². The molecule has 6 nitrogen and oxygen atoms in total. The van der Waals surface area contributed by atoms with Gasteiger partial charge in [0.25, 0.3) is 0 Å². The van der Waals surface area contributed by atoms with Crippen LogP contribution in [0.5, 0.6) is 0 Å². The fourth-order valence-corrected chi connectivity index (χ4v) is 1.58. The third-order valence-corrected chi connectivity index (χ3v) is 2.75. The highest BCUT2D eigenvalue weighted by Gasteiger charge is 2.36. The van der Waals surface area contributed by atoms with Crippen LogP contribution in [0, 0.1) is 5.41 Å². The Bertz CT molecular complexity index is 315. The van der Waals surface area contributed by atoms with Crippen molar-refractivity contribution in [1.82, 2.24) is 0 Å². The lowest BCUT2D eigenvalue weighted by atomic mass is 9.93. The predicted octanol–water partition coefficient (Wildman–Crippen LogP) is 1.50. The maximum atomic E-state index is 12.0. The van der Waals surface area contributed by atoms with Crippen molar-refractivity contribution in [1.29, 1.82) is 0 Å². The quantitative estimate of drug-likeness (QED) is 0.326. The molecule has 0 aromatic rings. The van der Waals surface area contributed by atoms with Gasteiger partial charge in [0.15, 0.2) is 0 Å². The molecule has 0 aromatic carbocycles. The summed E-state index contributed by atoms with van der Waals surface area (Å²) in [7, 11) is 1.47. The Hall–Kier alpha value is -1.43. The van der Waals surface area contributed by atoms with Crippen LogP contribution in [0.4, 0.5) is 0 Å². The molecular weight excluding hydrogens is 264 g/mol. The first-order valence-electron chi connectivity index (χ1n) is 6.69. The van der Waals surface area contributed by atoms with Gasteiger partial charge in [0, 0.05) is 20.5 Å². The average molecular weight is 288 g/mol. The topological polar surface area (TPSA) is 78.9 Å². The van der Waals surface area contributed by atoms with Gasteiger partial charge in [-0.25, -0.2) is 0 Å². The second-order valence-electron chi connectivity index (χ2n) is 4.93. The van der Waals surface area contributed by atoms with Gasteiger partial charge in [0.05, 0.1) is 13.2 Å². The van der Waals surface area contributed by atoms with Crippen LogP contribution >= 0.6 is 0 Å². The Labute approximate surface area is 119 Å². The van der Waals surface area contributed by atoms with E-state index in [4.69, 9.17) is 14.2 Å². The number of rotatable bonds is 11. The highest BCUT2D eigenvalue weighted by Crippen LogP contribution is 2.20. The number of aldehydes is 1. The number of esters is 2. The maximum Gasteiger partial charge on any atom is 0.317 e. The number of hydrogen-bond donors (Lipinski definition) is 0. The summed E-state index contributed by atoms with van der Waals surface area (Å²) in [6, 6.07) is 0. The molecule has 0 saturated heterocycles. The number of unbranched alkanes of at least 4 members (excludes halogenated alkanes) is 3. The normalized spacial score (nSPS) is 13.3. The Morgan fingerprint density at radius 1 is 1.10 bits per heavy atom. The molecule has 116 valence electrons. The maximum absolute atomic E-state index is 12.0. The molecule has 0 N–H and O–H groups in total. The van der Waals surface area contributed by atoms with Crippen LogP contribution in [0.3, 0.4) is 0 Å². The molecule has 1 unspecified atom stereocenters. The highest BCUT2D eigenvalue weighted by atomic mass is 16.6. The molecule has 0 saturated carbocycles. The zero-order valence-corrected chi connectivity index (χ0v) is 12.5. The summed E-state index contributed by atoms with van der Waals surface area (Å²) in [5.41, 5.74) is -0.997. The van der Waals surface area contributed by atoms with E-state index in [1.165, 1.54) is 14.0 Å². The van der Waals surface area contributed by atoms with Gasteiger partial charge in [0.1, 0.15) is 18.3 Å². The van der Waals surface area contributed by atoms with Gasteiger partial charge < -0.3 is 19.0 Å². The number of ether oxygens (including phenoxy) is 3. The Morgan fingerprint density at radius 3 is 2.35 bits per heavy atom. The summed E-state index contributed by atoms with van der Waals surface area (Å²) in [4.78, 5) is 33.0. The molecule has 1 atom stereocenters. The monoisotopic (exact) mass is 288 g/mol. The molecule has 0 amide bonds. The number of carbonyl (C=O) groups excluding carboxylic acids is 3. The van der Waals surface area contributed by atoms with Crippen LogP contribution in [0.15, 0.2) is 0 Å². The molecule has 0 aliphatic carbocycles. The number of hydrogen-bond acceptors (Lipinski definition) is 6. The fraction of sp³-hybridized carbons (Fsp3) is 0.786. The first-order chi connectivity index (χ1) is 9.46. The van der Waals surface area contributed by atoms with Gasteiger partial charge in [-0.3, -0.25) is 9.59 Å². The van der Waals surface area contributed by atoms with Crippen molar-refractivity contribution in [2.24, 2.45) is 5.41 Å². The summed E-state index contributed by atoms with van der Waals surface area (Å²) >= 11 is 0. The van der Waals surface area contributed by atoms with E-state index in [0.29, 0.717) is 12.8 Å². The van der Waals surface area contributed by atoms with E-state index in [1.54, 1.807) is 6.92 Å². The van der Waals surface area contributed by atoms with E-state index in [9.17, 15) is 14.4 Å². The molecular formula is C14H24O6. The molecule has 0 spiro atoms. The van der Waals surface area contributed by atoms with E-state index >= 15 is 0 Å². The van der Waals surface area contributed by atoms with Gasteiger partial charge in [-0.2, -0.15) is 0 Å². The standard InChI is InChI=1S/C14H24O6/c1-12(16)20-11-14(2,10-18-3)13(17)19-9-7-5-4-6-8-15/h8H,4-7,9-11H2,1-3H3.